The van der Waals surface area contributed by atoms with Crippen LogP contribution in [0, 0.1) is 13.8 Å². The zero-order chi connectivity index (χ0) is 13.8. The van der Waals surface area contributed by atoms with E-state index in [-0.39, 0.29) is 6.04 Å². The van der Waals surface area contributed by atoms with Crippen molar-refractivity contribution in [2.24, 2.45) is 0 Å². The standard InChI is InChI=1S/C16H22BrNO/c1-4-18-16(13-6-5-7-19-10-13)14-8-11(2)15(17)12(3)9-14/h8-10,16,18H,4-7H2,1-3H3. The monoisotopic (exact) mass is 323 g/mol. The molecule has 0 amide bonds. The summed E-state index contributed by atoms with van der Waals surface area (Å²) in [7, 11) is 0. The SMILES string of the molecule is CCNC(C1=COCCC1)c1cc(C)c(Br)c(C)c1. The Morgan fingerprint density at radius 3 is 2.53 bits per heavy atom. The minimum Gasteiger partial charge on any atom is -0.501 e. The van der Waals surface area contributed by atoms with E-state index < -0.39 is 0 Å². The third-order valence-corrected chi connectivity index (χ3v) is 4.78. The molecule has 0 fully saturated rings. The number of benzene rings is 1. The number of nitrogens with one attached hydrogen (secondary N) is 1. The van der Waals surface area contributed by atoms with Gasteiger partial charge in [0, 0.05) is 4.47 Å². The number of halogens is 1. The summed E-state index contributed by atoms with van der Waals surface area (Å²) in [6.07, 6.45) is 4.18. The van der Waals surface area contributed by atoms with Gasteiger partial charge < -0.3 is 10.1 Å². The number of hydrogen-bond acceptors (Lipinski definition) is 2. The van der Waals surface area contributed by atoms with Gasteiger partial charge in [-0.3, -0.25) is 0 Å². The predicted molar refractivity (Wildman–Crippen MR) is 83.3 cm³/mol. The van der Waals surface area contributed by atoms with Crippen LogP contribution in [0.1, 0.15) is 42.5 Å². The minimum atomic E-state index is 0.274. The lowest BCUT2D eigenvalue weighted by Crippen LogP contribution is -2.24. The Bertz CT molecular complexity index is 459. The van der Waals surface area contributed by atoms with Crippen LogP contribution in [0.2, 0.25) is 0 Å². The molecule has 0 saturated heterocycles. The van der Waals surface area contributed by atoms with E-state index in [1.807, 2.05) is 6.26 Å². The molecular weight excluding hydrogens is 302 g/mol. The van der Waals surface area contributed by atoms with Gasteiger partial charge in [-0.05, 0) is 55.5 Å². The van der Waals surface area contributed by atoms with E-state index in [4.69, 9.17) is 4.74 Å². The summed E-state index contributed by atoms with van der Waals surface area (Å²) in [6.45, 7) is 8.25. The average Bonchev–Trinajstić information content (AvgIpc) is 2.42. The third-order valence-electron chi connectivity index (χ3n) is 3.53. The maximum Gasteiger partial charge on any atom is 0.0876 e. The smallest absolute Gasteiger partial charge is 0.0876 e. The second kappa shape index (κ2) is 6.58. The fourth-order valence-electron chi connectivity index (χ4n) is 2.61. The highest BCUT2D eigenvalue weighted by atomic mass is 79.9. The summed E-state index contributed by atoms with van der Waals surface area (Å²) in [4.78, 5) is 0. The number of ether oxygens (including phenoxy) is 1. The maximum atomic E-state index is 5.50. The van der Waals surface area contributed by atoms with Crippen molar-refractivity contribution < 1.29 is 4.74 Å². The van der Waals surface area contributed by atoms with Crippen molar-refractivity contribution in [3.8, 4) is 0 Å². The number of rotatable bonds is 4. The molecule has 0 bridgehead atoms. The van der Waals surface area contributed by atoms with Gasteiger partial charge in [0.2, 0.25) is 0 Å². The maximum absolute atomic E-state index is 5.50. The Balaban J connectivity index is 2.35. The van der Waals surface area contributed by atoms with Crippen molar-refractivity contribution in [3.05, 3.63) is 45.1 Å². The lowest BCUT2D eigenvalue weighted by molar-refractivity contribution is 0.219. The molecule has 2 rings (SSSR count). The minimum absolute atomic E-state index is 0.274. The van der Waals surface area contributed by atoms with E-state index in [1.54, 1.807) is 0 Å². The van der Waals surface area contributed by atoms with Gasteiger partial charge in [0.25, 0.3) is 0 Å². The zero-order valence-corrected chi connectivity index (χ0v) is 13.5. The van der Waals surface area contributed by atoms with Crippen molar-refractivity contribution in [2.45, 2.75) is 39.7 Å². The summed E-state index contributed by atoms with van der Waals surface area (Å²) in [5.74, 6) is 0. The van der Waals surface area contributed by atoms with E-state index >= 15 is 0 Å². The van der Waals surface area contributed by atoms with E-state index in [1.165, 1.54) is 26.7 Å². The summed E-state index contributed by atoms with van der Waals surface area (Å²) >= 11 is 3.64. The molecule has 1 N–H and O–H groups in total. The van der Waals surface area contributed by atoms with Crippen molar-refractivity contribution in [1.82, 2.24) is 5.32 Å². The molecule has 0 aliphatic carbocycles. The molecule has 0 spiro atoms. The molecule has 104 valence electrons. The molecule has 19 heavy (non-hydrogen) atoms. The van der Waals surface area contributed by atoms with Gasteiger partial charge in [0.15, 0.2) is 0 Å². The van der Waals surface area contributed by atoms with Crippen molar-refractivity contribution in [1.29, 1.82) is 0 Å². The molecule has 1 atom stereocenters. The van der Waals surface area contributed by atoms with E-state index in [0.29, 0.717) is 0 Å². The summed E-state index contributed by atoms with van der Waals surface area (Å²) in [5.41, 5.74) is 5.26. The molecule has 1 aromatic carbocycles. The molecule has 0 radical (unpaired) electrons. The molecule has 1 aliphatic heterocycles. The van der Waals surface area contributed by atoms with Gasteiger partial charge >= 0.3 is 0 Å². The molecule has 2 nitrogen and oxygen atoms in total. The molecule has 0 saturated carbocycles. The largest absolute Gasteiger partial charge is 0.501 e. The normalized spacial score (nSPS) is 16.7. The van der Waals surface area contributed by atoms with Crippen LogP contribution < -0.4 is 5.32 Å². The van der Waals surface area contributed by atoms with Crippen LogP contribution in [0.4, 0.5) is 0 Å². The van der Waals surface area contributed by atoms with Crippen LogP contribution in [0.15, 0.2) is 28.4 Å². The number of aryl methyl sites for hydroxylation is 2. The van der Waals surface area contributed by atoms with Crippen molar-refractivity contribution in [2.75, 3.05) is 13.2 Å². The van der Waals surface area contributed by atoms with Gasteiger partial charge in [-0.15, -0.1) is 0 Å². The Hall–Kier alpha value is -0.800. The summed E-state index contributed by atoms with van der Waals surface area (Å²) in [6, 6.07) is 4.80. The quantitative estimate of drug-likeness (QED) is 0.886. The predicted octanol–water partition coefficient (Wildman–Crippen LogP) is 4.41. The second-order valence-corrected chi connectivity index (χ2v) is 5.92. The zero-order valence-electron chi connectivity index (χ0n) is 11.9. The van der Waals surface area contributed by atoms with Crippen LogP contribution in [0.3, 0.4) is 0 Å². The Labute approximate surface area is 124 Å². The molecule has 3 heteroatoms. The third kappa shape index (κ3) is 3.40. The van der Waals surface area contributed by atoms with Gasteiger partial charge in [-0.25, -0.2) is 0 Å². The summed E-state index contributed by atoms with van der Waals surface area (Å²) < 4.78 is 6.71. The van der Waals surface area contributed by atoms with Crippen LogP contribution in [-0.4, -0.2) is 13.2 Å². The van der Waals surface area contributed by atoms with Crippen molar-refractivity contribution in [3.63, 3.8) is 0 Å². The highest BCUT2D eigenvalue weighted by Gasteiger charge is 2.19. The highest BCUT2D eigenvalue weighted by Crippen LogP contribution is 2.31. The van der Waals surface area contributed by atoms with Gasteiger partial charge in [-0.1, -0.05) is 35.0 Å². The second-order valence-electron chi connectivity index (χ2n) is 5.13. The van der Waals surface area contributed by atoms with E-state index in [9.17, 15) is 0 Å². The molecule has 1 unspecified atom stereocenters. The van der Waals surface area contributed by atoms with Gasteiger partial charge in [0.1, 0.15) is 0 Å². The Morgan fingerprint density at radius 1 is 1.32 bits per heavy atom. The Morgan fingerprint density at radius 2 is 2.00 bits per heavy atom. The number of likely N-dealkylation sites (N-methyl/N-ethyl adjacent to an activating group) is 1. The van der Waals surface area contributed by atoms with Gasteiger partial charge in [-0.2, -0.15) is 0 Å². The first kappa shape index (κ1) is 14.6. The fourth-order valence-corrected chi connectivity index (χ4v) is 2.84. The van der Waals surface area contributed by atoms with Gasteiger partial charge in [0.05, 0.1) is 18.9 Å². The highest BCUT2D eigenvalue weighted by molar-refractivity contribution is 9.10. The molecule has 0 aromatic heterocycles. The van der Waals surface area contributed by atoms with Crippen LogP contribution in [0.25, 0.3) is 0 Å². The fraction of sp³-hybridized carbons (Fsp3) is 0.500. The average molecular weight is 324 g/mol. The summed E-state index contributed by atoms with van der Waals surface area (Å²) in [5, 5.41) is 3.58. The first-order chi connectivity index (χ1) is 9.13. The lowest BCUT2D eigenvalue weighted by atomic mass is 9.93. The molecule has 1 aliphatic rings. The molecule has 1 heterocycles. The topological polar surface area (TPSA) is 21.3 Å². The van der Waals surface area contributed by atoms with Crippen molar-refractivity contribution >= 4 is 15.9 Å². The molecule has 1 aromatic rings. The Kier molecular flexibility index (Phi) is 5.06. The van der Waals surface area contributed by atoms with E-state index in [0.717, 1.165) is 26.0 Å². The van der Waals surface area contributed by atoms with Crippen LogP contribution >= 0.6 is 15.9 Å². The van der Waals surface area contributed by atoms with Crippen LogP contribution in [-0.2, 0) is 4.74 Å². The van der Waals surface area contributed by atoms with E-state index in [2.05, 4.69) is 54.2 Å². The first-order valence-corrected chi connectivity index (χ1v) is 7.73. The van der Waals surface area contributed by atoms with Crippen LogP contribution in [0.5, 0.6) is 0 Å². The molecular formula is C16H22BrNO. The first-order valence-electron chi connectivity index (χ1n) is 6.94. The lowest BCUT2D eigenvalue weighted by Gasteiger charge is -2.25. The number of hydrogen-bond donors (Lipinski definition) is 1.